The van der Waals surface area contributed by atoms with Crippen molar-refractivity contribution in [3.05, 3.63) is 59.7 Å². The molecule has 0 fully saturated rings. The first-order valence-electron chi connectivity index (χ1n) is 9.48. The molecule has 2 aromatic carbocycles. The Morgan fingerprint density at radius 2 is 1.37 bits per heavy atom. The lowest BCUT2D eigenvalue weighted by atomic mass is 10.0. The zero-order chi connectivity index (χ0) is 19.6. The summed E-state index contributed by atoms with van der Waals surface area (Å²) in [5.74, 6) is 1.60. The summed E-state index contributed by atoms with van der Waals surface area (Å²) in [4.78, 5) is 0. The Kier molecular flexibility index (Phi) is 8.58. The van der Waals surface area contributed by atoms with Crippen molar-refractivity contribution in [2.75, 3.05) is 27.4 Å². The second-order valence-corrected chi connectivity index (χ2v) is 6.77. The third-order valence-corrected chi connectivity index (χ3v) is 4.75. The summed E-state index contributed by atoms with van der Waals surface area (Å²) < 4.78 is 16.6. The summed E-state index contributed by atoms with van der Waals surface area (Å²) in [6, 6.07) is 16.1. The Morgan fingerprint density at radius 1 is 0.889 bits per heavy atom. The van der Waals surface area contributed by atoms with E-state index in [-0.39, 0.29) is 12.7 Å². The molecular formula is C22H32NO4+. The van der Waals surface area contributed by atoms with Gasteiger partial charge < -0.3 is 24.6 Å². The fourth-order valence-electron chi connectivity index (χ4n) is 2.77. The molecule has 3 N–H and O–H groups in total. The van der Waals surface area contributed by atoms with Crippen molar-refractivity contribution < 1.29 is 24.6 Å². The van der Waals surface area contributed by atoms with Gasteiger partial charge in [-0.05, 0) is 48.7 Å². The minimum atomic E-state index is -0.516. The molecule has 5 nitrogen and oxygen atoms in total. The number of ether oxygens (including phenoxy) is 3. The van der Waals surface area contributed by atoms with Gasteiger partial charge in [-0.2, -0.15) is 0 Å². The summed E-state index contributed by atoms with van der Waals surface area (Å²) in [5, 5.41) is 12.5. The van der Waals surface area contributed by atoms with Crippen LogP contribution >= 0.6 is 0 Å². The smallest absolute Gasteiger partial charge is 0.126 e. The topological polar surface area (TPSA) is 64.5 Å². The molecule has 0 unspecified atom stereocenters. The van der Waals surface area contributed by atoms with E-state index in [9.17, 15) is 5.11 Å². The Balaban J connectivity index is 2.11. The van der Waals surface area contributed by atoms with Crippen LogP contribution in [0.15, 0.2) is 48.5 Å². The minimum Gasteiger partial charge on any atom is -0.497 e. The largest absolute Gasteiger partial charge is 0.497 e. The van der Waals surface area contributed by atoms with E-state index in [1.54, 1.807) is 14.2 Å². The van der Waals surface area contributed by atoms with Gasteiger partial charge in [-0.1, -0.05) is 31.2 Å². The number of hydrogen-bond donors (Lipinski definition) is 2. The maximum absolute atomic E-state index is 10.3. The molecule has 0 aromatic heterocycles. The van der Waals surface area contributed by atoms with Gasteiger partial charge in [-0.25, -0.2) is 0 Å². The molecule has 0 radical (unpaired) electrons. The molecule has 0 spiro atoms. The van der Waals surface area contributed by atoms with Crippen molar-refractivity contribution >= 4 is 0 Å². The van der Waals surface area contributed by atoms with Gasteiger partial charge in [0.1, 0.15) is 30.3 Å². The van der Waals surface area contributed by atoms with Gasteiger partial charge in [0, 0.05) is 0 Å². The average Bonchev–Trinajstić information content (AvgIpc) is 2.73. The van der Waals surface area contributed by atoms with E-state index < -0.39 is 6.10 Å². The molecule has 2 rings (SSSR count). The van der Waals surface area contributed by atoms with Gasteiger partial charge in [0.2, 0.25) is 0 Å². The highest BCUT2D eigenvalue weighted by molar-refractivity contribution is 5.36. The summed E-state index contributed by atoms with van der Waals surface area (Å²) in [5.41, 5.74) is 2.03. The molecule has 0 saturated heterocycles. The normalized spacial score (nSPS) is 13.4. The molecule has 2 aromatic rings. The van der Waals surface area contributed by atoms with Crippen molar-refractivity contribution in [2.24, 2.45) is 0 Å². The lowest BCUT2D eigenvalue weighted by Gasteiger charge is -2.21. The number of methoxy groups -OCH3 is 2. The molecule has 0 aliphatic heterocycles. The second kappa shape index (κ2) is 10.9. The number of benzene rings is 2. The molecule has 2 atom stereocenters. The van der Waals surface area contributed by atoms with Gasteiger partial charge in [0.15, 0.2) is 0 Å². The Morgan fingerprint density at radius 3 is 1.78 bits per heavy atom. The van der Waals surface area contributed by atoms with Crippen molar-refractivity contribution in [3.63, 3.8) is 0 Å². The maximum Gasteiger partial charge on any atom is 0.126 e. The molecule has 27 heavy (non-hydrogen) atoms. The molecule has 0 saturated carbocycles. The van der Waals surface area contributed by atoms with Crippen molar-refractivity contribution in [1.29, 1.82) is 0 Å². The molecule has 0 aliphatic carbocycles. The van der Waals surface area contributed by atoms with Gasteiger partial charge >= 0.3 is 0 Å². The van der Waals surface area contributed by atoms with E-state index in [0.717, 1.165) is 29.0 Å². The minimum absolute atomic E-state index is 0.264. The maximum atomic E-state index is 10.3. The standard InChI is InChI=1S/C22H31NO4/c1-5-16(2)23-14-19(24)15-27-22(17-6-10-20(25-3)11-7-17)18-8-12-21(26-4)13-9-18/h6-13,16,19,22-24H,5,14-15H2,1-4H3/p+1/t16-,19-/m1/s1. The quantitative estimate of drug-likeness (QED) is 0.634. The molecular weight excluding hydrogens is 342 g/mol. The van der Waals surface area contributed by atoms with Gasteiger partial charge in [0.05, 0.1) is 26.9 Å². The lowest BCUT2D eigenvalue weighted by Crippen LogP contribution is -2.91. The van der Waals surface area contributed by atoms with Gasteiger partial charge in [-0.15, -0.1) is 0 Å². The first-order chi connectivity index (χ1) is 13.1. The van der Waals surface area contributed by atoms with E-state index >= 15 is 0 Å². The van der Waals surface area contributed by atoms with E-state index in [1.165, 1.54) is 0 Å². The molecule has 148 valence electrons. The Labute approximate surface area is 162 Å². The molecule has 5 heteroatoms. The number of hydrogen-bond acceptors (Lipinski definition) is 4. The fourth-order valence-corrected chi connectivity index (χ4v) is 2.77. The predicted molar refractivity (Wildman–Crippen MR) is 106 cm³/mol. The van der Waals surface area contributed by atoms with E-state index in [2.05, 4.69) is 19.2 Å². The highest BCUT2D eigenvalue weighted by Gasteiger charge is 2.18. The molecule has 0 heterocycles. The van der Waals surface area contributed by atoms with E-state index in [1.807, 2.05) is 48.5 Å². The Bertz CT molecular complexity index is 610. The van der Waals surface area contributed by atoms with Crippen LogP contribution in [0, 0.1) is 0 Å². The first kappa shape index (κ1) is 21.2. The van der Waals surface area contributed by atoms with Crippen LogP contribution in [0.5, 0.6) is 11.5 Å². The van der Waals surface area contributed by atoms with Crippen LogP contribution in [0.4, 0.5) is 0 Å². The second-order valence-electron chi connectivity index (χ2n) is 6.77. The van der Waals surface area contributed by atoms with Crippen LogP contribution in [0.2, 0.25) is 0 Å². The predicted octanol–water partition coefficient (Wildman–Crippen LogP) is 2.53. The summed E-state index contributed by atoms with van der Waals surface area (Å²) >= 11 is 0. The Hall–Kier alpha value is -2.08. The molecule has 0 aliphatic rings. The number of aliphatic hydroxyl groups is 1. The number of rotatable bonds is 11. The van der Waals surface area contributed by atoms with Crippen LogP contribution < -0.4 is 14.8 Å². The number of aliphatic hydroxyl groups excluding tert-OH is 1. The van der Waals surface area contributed by atoms with E-state index in [0.29, 0.717) is 12.6 Å². The zero-order valence-electron chi connectivity index (χ0n) is 16.7. The van der Waals surface area contributed by atoms with Crippen LogP contribution in [0.3, 0.4) is 0 Å². The van der Waals surface area contributed by atoms with E-state index in [4.69, 9.17) is 14.2 Å². The average molecular weight is 375 g/mol. The summed E-state index contributed by atoms with van der Waals surface area (Å²) in [7, 11) is 3.30. The summed E-state index contributed by atoms with van der Waals surface area (Å²) in [6.07, 6.45) is 0.298. The SMILES string of the molecule is CC[C@@H](C)[NH2+]C[C@@H](O)COC(c1ccc(OC)cc1)c1ccc(OC)cc1. The monoisotopic (exact) mass is 374 g/mol. The van der Waals surface area contributed by atoms with Crippen LogP contribution in [-0.4, -0.2) is 44.6 Å². The summed E-state index contributed by atoms with van der Waals surface area (Å²) in [6.45, 7) is 5.21. The number of quaternary nitrogens is 1. The van der Waals surface area contributed by atoms with Crippen LogP contribution in [0.25, 0.3) is 0 Å². The highest BCUT2D eigenvalue weighted by Crippen LogP contribution is 2.29. The van der Waals surface area contributed by atoms with Crippen molar-refractivity contribution in [3.8, 4) is 11.5 Å². The lowest BCUT2D eigenvalue weighted by molar-refractivity contribution is -0.692. The third kappa shape index (κ3) is 6.54. The fraction of sp³-hybridized carbons (Fsp3) is 0.455. The zero-order valence-corrected chi connectivity index (χ0v) is 16.7. The molecule has 0 amide bonds. The van der Waals surface area contributed by atoms with Crippen LogP contribution in [0.1, 0.15) is 37.5 Å². The van der Waals surface area contributed by atoms with Gasteiger partial charge in [-0.3, -0.25) is 0 Å². The van der Waals surface area contributed by atoms with Crippen molar-refractivity contribution in [2.45, 2.75) is 38.5 Å². The van der Waals surface area contributed by atoms with Gasteiger partial charge in [0.25, 0.3) is 0 Å². The van der Waals surface area contributed by atoms with Crippen LogP contribution in [-0.2, 0) is 4.74 Å². The third-order valence-electron chi connectivity index (χ3n) is 4.75. The first-order valence-corrected chi connectivity index (χ1v) is 9.48. The highest BCUT2D eigenvalue weighted by atomic mass is 16.5. The van der Waals surface area contributed by atoms with Crippen molar-refractivity contribution in [1.82, 2.24) is 0 Å². The molecule has 0 bridgehead atoms. The number of nitrogens with two attached hydrogens (primary N) is 1.